The Morgan fingerprint density at radius 2 is 1.56 bits per heavy atom. The third kappa shape index (κ3) is 5.90. The first kappa shape index (κ1) is 22.8. The summed E-state index contributed by atoms with van der Waals surface area (Å²) < 4.78 is 62.6. The van der Waals surface area contributed by atoms with E-state index in [0.717, 1.165) is 5.56 Å². The van der Waals surface area contributed by atoms with E-state index in [0.29, 0.717) is 5.82 Å². The van der Waals surface area contributed by atoms with Gasteiger partial charge in [0.25, 0.3) is 5.78 Å². The van der Waals surface area contributed by atoms with Crippen molar-refractivity contribution in [3.8, 4) is 0 Å². The second-order valence-electron chi connectivity index (χ2n) is 6.90. The van der Waals surface area contributed by atoms with Crippen molar-refractivity contribution in [1.82, 2.24) is 4.57 Å². The molecule has 0 bridgehead atoms. The molecule has 0 aliphatic carbocycles. The monoisotopic (exact) mass is 406 g/mol. The van der Waals surface area contributed by atoms with E-state index in [4.69, 9.17) is 13.0 Å². The van der Waals surface area contributed by atoms with Crippen molar-refractivity contribution in [2.45, 2.75) is 31.7 Å². The quantitative estimate of drug-likeness (QED) is 0.332. The number of alkyl halides is 3. The number of carbonyl (C=O) groups excluding carboxylic acids is 1. The molecule has 0 aliphatic rings. The molecule has 0 atom stereocenters. The average molecular weight is 406 g/mol. The van der Waals surface area contributed by atoms with Crippen LogP contribution in [0.1, 0.15) is 42.5 Å². The van der Waals surface area contributed by atoms with Gasteiger partial charge in [0.15, 0.2) is 10.1 Å². The first-order valence-electron chi connectivity index (χ1n) is 7.74. The van der Waals surface area contributed by atoms with Crippen molar-refractivity contribution < 1.29 is 35.5 Å². The Kier molecular flexibility index (Phi) is 6.61. The molecule has 0 unspecified atom stereocenters. The second-order valence-corrected chi connectivity index (χ2v) is 8.27. The van der Waals surface area contributed by atoms with Crippen molar-refractivity contribution >= 4 is 15.9 Å². The number of rotatable bonds is 2. The maximum absolute atomic E-state index is 12.5. The van der Waals surface area contributed by atoms with E-state index in [2.05, 4.69) is 20.8 Å². The zero-order chi connectivity index (χ0) is 21.2. The van der Waals surface area contributed by atoms with Gasteiger partial charge in [0.2, 0.25) is 0 Å². The molecule has 1 heterocycles. The van der Waals surface area contributed by atoms with Crippen LogP contribution in [0.25, 0.3) is 0 Å². The Morgan fingerprint density at radius 1 is 1.11 bits per heavy atom. The zero-order valence-electron chi connectivity index (χ0n) is 15.5. The maximum atomic E-state index is 12.5. The highest BCUT2D eigenvalue weighted by atomic mass is 32.2. The number of hydrogen-bond donors (Lipinski definition) is 0. The fourth-order valence-electron chi connectivity index (χ4n) is 2.16. The topological polar surface area (TPSA) is 83.1 Å². The number of aryl methyl sites for hydroxylation is 2. The summed E-state index contributed by atoms with van der Waals surface area (Å²) in [5, 5.41) is 0. The minimum atomic E-state index is -6.09. The lowest BCUT2D eigenvalue weighted by Gasteiger charge is -2.18. The summed E-state index contributed by atoms with van der Waals surface area (Å²) in [4.78, 5) is 12.5. The third-order valence-corrected chi connectivity index (χ3v) is 4.25. The molecule has 10 heteroatoms. The van der Waals surface area contributed by atoms with Gasteiger partial charge in [-0.1, -0.05) is 45.0 Å². The molecular formula is C17H21F3N2O4S. The standard InChI is InChI=1S/C16H21N2O.CHF3O3S/c1-16(2,3)13-8-6-12(7-9-13)14(19)15-17(4)10-11-18(15)5;2-1(3,4)8(5,6)7/h6-11H,1-5H3;(H,5,6,7)/q+1;/p-1. The highest BCUT2D eigenvalue weighted by Gasteiger charge is 2.36. The van der Waals surface area contributed by atoms with Crippen LogP contribution >= 0.6 is 0 Å². The van der Waals surface area contributed by atoms with Gasteiger partial charge < -0.3 is 4.55 Å². The van der Waals surface area contributed by atoms with Crippen molar-refractivity contribution in [3.05, 3.63) is 53.6 Å². The molecule has 0 radical (unpaired) electrons. The number of benzene rings is 1. The van der Waals surface area contributed by atoms with Crippen LogP contribution in [-0.4, -0.2) is 28.8 Å². The smallest absolute Gasteiger partial charge is 0.485 e. The molecule has 0 aliphatic heterocycles. The van der Waals surface area contributed by atoms with E-state index in [1.165, 1.54) is 5.56 Å². The van der Waals surface area contributed by atoms with Crippen LogP contribution in [0.2, 0.25) is 0 Å². The summed E-state index contributed by atoms with van der Waals surface area (Å²) in [5.41, 5.74) is -3.57. The first-order chi connectivity index (χ1) is 12.1. The number of aromatic nitrogens is 2. The van der Waals surface area contributed by atoms with E-state index in [-0.39, 0.29) is 11.2 Å². The molecular weight excluding hydrogens is 385 g/mol. The van der Waals surface area contributed by atoms with Crippen LogP contribution in [0, 0.1) is 0 Å². The van der Waals surface area contributed by atoms with Gasteiger partial charge in [0.05, 0.1) is 14.1 Å². The number of halogens is 3. The van der Waals surface area contributed by atoms with E-state index in [1.807, 2.05) is 59.9 Å². The molecule has 0 N–H and O–H groups in total. The molecule has 1 aromatic carbocycles. The molecule has 6 nitrogen and oxygen atoms in total. The Bertz CT molecular complexity index is 890. The first-order valence-corrected chi connectivity index (χ1v) is 9.15. The second kappa shape index (κ2) is 7.81. The van der Waals surface area contributed by atoms with Crippen molar-refractivity contribution in [2.24, 2.45) is 14.1 Å². The lowest BCUT2D eigenvalue weighted by Crippen LogP contribution is -2.35. The highest BCUT2D eigenvalue weighted by Crippen LogP contribution is 2.22. The minimum Gasteiger partial charge on any atom is -0.741 e. The molecule has 0 saturated heterocycles. The van der Waals surface area contributed by atoms with Gasteiger partial charge in [-0.2, -0.15) is 13.2 Å². The molecule has 27 heavy (non-hydrogen) atoms. The number of ketones is 1. The third-order valence-electron chi connectivity index (χ3n) is 3.68. The normalized spacial score (nSPS) is 12.3. The van der Waals surface area contributed by atoms with Gasteiger partial charge >= 0.3 is 11.3 Å². The summed E-state index contributed by atoms with van der Waals surface area (Å²) in [6, 6.07) is 7.90. The molecule has 0 saturated carbocycles. The maximum Gasteiger partial charge on any atom is 0.485 e. The van der Waals surface area contributed by atoms with Crippen LogP contribution in [0.15, 0.2) is 36.7 Å². The predicted octanol–water partition coefficient (Wildman–Crippen LogP) is 2.43. The Morgan fingerprint density at radius 3 is 1.85 bits per heavy atom. The molecule has 2 aromatic rings. The van der Waals surface area contributed by atoms with Crippen LogP contribution in [-0.2, 0) is 29.6 Å². The molecule has 2 rings (SSSR count). The summed E-state index contributed by atoms with van der Waals surface area (Å²) in [5.74, 6) is 0.735. The predicted molar refractivity (Wildman–Crippen MR) is 90.9 cm³/mol. The average Bonchev–Trinajstić information content (AvgIpc) is 2.83. The minimum absolute atomic E-state index is 0.0514. The summed E-state index contributed by atoms with van der Waals surface area (Å²) >= 11 is 0. The van der Waals surface area contributed by atoms with E-state index in [9.17, 15) is 18.0 Å². The molecule has 0 fully saturated rings. The number of carbonyl (C=O) groups is 1. The fourth-order valence-corrected chi connectivity index (χ4v) is 2.16. The summed E-state index contributed by atoms with van der Waals surface area (Å²) in [7, 11) is -2.32. The van der Waals surface area contributed by atoms with Gasteiger partial charge in [0.1, 0.15) is 12.4 Å². The largest absolute Gasteiger partial charge is 0.741 e. The van der Waals surface area contributed by atoms with E-state index >= 15 is 0 Å². The fraction of sp³-hybridized carbons (Fsp3) is 0.412. The number of nitrogens with zero attached hydrogens (tertiary/aromatic N) is 2. The Hall–Kier alpha value is -2.20. The van der Waals surface area contributed by atoms with Crippen LogP contribution in [0.3, 0.4) is 0 Å². The van der Waals surface area contributed by atoms with Crippen molar-refractivity contribution in [1.29, 1.82) is 0 Å². The van der Waals surface area contributed by atoms with Gasteiger partial charge in [-0.25, -0.2) is 17.6 Å². The van der Waals surface area contributed by atoms with E-state index < -0.39 is 15.6 Å². The zero-order valence-corrected chi connectivity index (χ0v) is 16.4. The number of hydrogen-bond acceptors (Lipinski definition) is 4. The summed E-state index contributed by atoms with van der Waals surface area (Å²) in [6.07, 6.45) is 3.77. The van der Waals surface area contributed by atoms with E-state index in [1.54, 1.807) is 0 Å². The Balaban J connectivity index is 0.000000387. The summed E-state index contributed by atoms with van der Waals surface area (Å²) in [6.45, 7) is 6.50. The molecule has 0 spiro atoms. The molecule has 1 aromatic heterocycles. The highest BCUT2D eigenvalue weighted by molar-refractivity contribution is 7.86. The van der Waals surface area contributed by atoms with Gasteiger partial charge in [-0.3, -0.25) is 4.79 Å². The number of imidazole rings is 1. The molecule has 0 amide bonds. The van der Waals surface area contributed by atoms with Crippen LogP contribution < -0.4 is 4.57 Å². The van der Waals surface area contributed by atoms with Crippen molar-refractivity contribution in [2.75, 3.05) is 0 Å². The van der Waals surface area contributed by atoms with Crippen LogP contribution in [0.4, 0.5) is 13.2 Å². The lowest BCUT2D eigenvalue weighted by molar-refractivity contribution is -0.672. The van der Waals surface area contributed by atoms with Crippen molar-refractivity contribution in [3.63, 3.8) is 0 Å². The SMILES string of the molecule is Cn1cc[n+](C)c1C(=O)c1ccc(C(C)(C)C)cc1.O=S(=O)([O-])C(F)(F)F. The molecule has 150 valence electrons. The van der Waals surface area contributed by atoms with Crippen LogP contribution in [0.5, 0.6) is 0 Å². The van der Waals surface area contributed by atoms with Gasteiger partial charge in [-0.15, -0.1) is 0 Å². The lowest BCUT2D eigenvalue weighted by atomic mass is 9.86. The Labute approximate surface area is 156 Å². The van der Waals surface area contributed by atoms with Gasteiger partial charge in [-0.05, 0) is 11.0 Å². The van der Waals surface area contributed by atoms with Gasteiger partial charge in [0, 0.05) is 5.56 Å².